The molecule has 0 aliphatic carbocycles. The molecule has 2 saturated heterocycles. The SMILES string of the molecule is Cc1cc(C2CCN(CCC3CCOCC3)CC2)nn1-c1ccccc1. The van der Waals surface area contributed by atoms with Crippen LogP contribution in [0.3, 0.4) is 0 Å². The van der Waals surface area contributed by atoms with Crippen LogP contribution in [0.25, 0.3) is 5.69 Å². The number of rotatable bonds is 5. The van der Waals surface area contributed by atoms with Gasteiger partial charge < -0.3 is 9.64 Å². The van der Waals surface area contributed by atoms with E-state index in [0.717, 1.165) is 24.8 Å². The third kappa shape index (κ3) is 4.18. The van der Waals surface area contributed by atoms with Crippen molar-refractivity contribution in [2.24, 2.45) is 5.92 Å². The lowest BCUT2D eigenvalue weighted by atomic mass is 9.92. The Bertz CT molecular complexity index is 683. The van der Waals surface area contributed by atoms with Gasteiger partial charge in [0.15, 0.2) is 0 Å². The van der Waals surface area contributed by atoms with E-state index < -0.39 is 0 Å². The third-order valence-corrected chi connectivity index (χ3v) is 6.11. The molecule has 4 heteroatoms. The number of piperidine rings is 1. The molecule has 0 spiro atoms. The second-order valence-electron chi connectivity index (χ2n) is 7.92. The molecule has 0 radical (unpaired) electrons. The van der Waals surface area contributed by atoms with E-state index >= 15 is 0 Å². The first-order valence-corrected chi connectivity index (χ1v) is 10.2. The quantitative estimate of drug-likeness (QED) is 0.808. The van der Waals surface area contributed by atoms with Crippen LogP contribution >= 0.6 is 0 Å². The van der Waals surface area contributed by atoms with E-state index in [0.29, 0.717) is 5.92 Å². The summed E-state index contributed by atoms with van der Waals surface area (Å²) in [5, 5.41) is 4.93. The molecule has 4 rings (SSSR count). The third-order valence-electron chi connectivity index (χ3n) is 6.11. The fourth-order valence-corrected chi connectivity index (χ4v) is 4.38. The van der Waals surface area contributed by atoms with Gasteiger partial charge in [-0.1, -0.05) is 18.2 Å². The fraction of sp³-hybridized carbons (Fsp3) is 0.591. The molecule has 2 aliphatic rings. The first-order valence-electron chi connectivity index (χ1n) is 10.2. The minimum Gasteiger partial charge on any atom is -0.381 e. The number of ether oxygens (including phenoxy) is 1. The van der Waals surface area contributed by atoms with Crippen molar-refractivity contribution in [3.63, 3.8) is 0 Å². The average Bonchev–Trinajstić information content (AvgIpc) is 3.10. The Balaban J connectivity index is 1.31. The molecule has 26 heavy (non-hydrogen) atoms. The zero-order valence-electron chi connectivity index (χ0n) is 15.9. The smallest absolute Gasteiger partial charge is 0.0663 e. The van der Waals surface area contributed by atoms with Gasteiger partial charge in [-0.15, -0.1) is 0 Å². The molecule has 2 fully saturated rings. The van der Waals surface area contributed by atoms with Crippen LogP contribution in [-0.4, -0.2) is 47.5 Å². The molecule has 2 aromatic rings. The highest BCUT2D eigenvalue weighted by atomic mass is 16.5. The summed E-state index contributed by atoms with van der Waals surface area (Å²) in [6, 6.07) is 12.8. The molecular weight excluding hydrogens is 322 g/mol. The number of nitrogens with zero attached hydrogens (tertiary/aromatic N) is 3. The van der Waals surface area contributed by atoms with E-state index in [1.807, 2.05) is 0 Å². The van der Waals surface area contributed by atoms with Gasteiger partial charge in [0.2, 0.25) is 0 Å². The average molecular weight is 354 g/mol. The van der Waals surface area contributed by atoms with Crippen molar-refractivity contribution in [1.29, 1.82) is 0 Å². The highest BCUT2D eigenvalue weighted by molar-refractivity contribution is 5.33. The molecule has 0 unspecified atom stereocenters. The summed E-state index contributed by atoms with van der Waals surface area (Å²) in [7, 11) is 0. The van der Waals surface area contributed by atoms with Gasteiger partial charge in [0.05, 0.1) is 11.4 Å². The van der Waals surface area contributed by atoms with Crippen molar-refractivity contribution < 1.29 is 4.74 Å². The largest absolute Gasteiger partial charge is 0.381 e. The van der Waals surface area contributed by atoms with Gasteiger partial charge in [0.1, 0.15) is 0 Å². The second-order valence-corrected chi connectivity index (χ2v) is 7.92. The van der Waals surface area contributed by atoms with E-state index in [1.165, 1.54) is 63.1 Å². The van der Waals surface area contributed by atoms with Gasteiger partial charge in [-0.2, -0.15) is 5.10 Å². The Hall–Kier alpha value is -1.65. The Labute approximate surface area is 157 Å². The number of benzene rings is 1. The molecule has 2 aliphatic heterocycles. The molecule has 0 amide bonds. The molecule has 0 N–H and O–H groups in total. The number of aromatic nitrogens is 2. The maximum absolute atomic E-state index is 5.48. The Morgan fingerprint density at radius 2 is 1.77 bits per heavy atom. The molecule has 140 valence electrons. The number of para-hydroxylation sites is 1. The van der Waals surface area contributed by atoms with E-state index in [9.17, 15) is 0 Å². The summed E-state index contributed by atoms with van der Waals surface area (Å²) in [6.45, 7) is 7.78. The van der Waals surface area contributed by atoms with Crippen LogP contribution in [0, 0.1) is 12.8 Å². The van der Waals surface area contributed by atoms with Crippen molar-refractivity contribution in [3.05, 3.63) is 47.8 Å². The Morgan fingerprint density at radius 3 is 2.50 bits per heavy atom. The van der Waals surface area contributed by atoms with Gasteiger partial charge in [0.25, 0.3) is 0 Å². The highest BCUT2D eigenvalue weighted by Crippen LogP contribution is 2.29. The van der Waals surface area contributed by atoms with Gasteiger partial charge in [-0.3, -0.25) is 0 Å². The van der Waals surface area contributed by atoms with Crippen LogP contribution in [0.4, 0.5) is 0 Å². The van der Waals surface area contributed by atoms with Crippen molar-refractivity contribution in [2.75, 3.05) is 32.8 Å². The fourth-order valence-electron chi connectivity index (χ4n) is 4.38. The predicted molar refractivity (Wildman–Crippen MR) is 105 cm³/mol. The van der Waals surface area contributed by atoms with Crippen LogP contribution in [0.15, 0.2) is 36.4 Å². The van der Waals surface area contributed by atoms with Crippen LogP contribution in [0.5, 0.6) is 0 Å². The van der Waals surface area contributed by atoms with E-state index in [1.54, 1.807) is 0 Å². The van der Waals surface area contributed by atoms with Crippen LogP contribution in [0.2, 0.25) is 0 Å². The Morgan fingerprint density at radius 1 is 1.04 bits per heavy atom. The number of hydrogen-bond acceptors (Lipinski definition) is 3. The topological polar surface area (TPSA) is 30.3 Å². The lowest BCUT2D eigenvalue weighted by Gasteiger charge is -2.32. The van der Waals surface area contributed by atoms with E-state index in [4.69, 9.17) is 9.84 Å². The van der Waals surface area contributed by atoms with Crippen molar-refractivity contribution >= 4 is 0 Å². The molecule has 0 bridgehead atoms. The van der Waals surface area contributed by atoms with Crippen molar-refractivity contribution in [2.45, 2.75) is 44.9 Å². The summed E-state index contributed by atoms with van der Waals surface area (Å²) >= 11 is 0. The molecule has 1 aromatic heterocycles. The monoisotopic (exact) mass is 353 g/mol. The second kappa shape index (κ2) is 8.36. The summed E-state index contributed by atoms with van der Waals surface area (Å²) < 4.78 is 7.57. The van der Waals surface area contributed by atoms with Crippen LogP contribution < -0.4 is 0 Å². The number of likely N-dealkylation sites (tertiary alicyclic amines) is 1. The van der Waals surface area contributed by atoms with Crippen LogP contribution in [-0.2, 0) is 4.74 Å². The molecule has 3 heterocycles. The zero-order chi connectivity index (χ0) is 17.8. The standard InChI is InChI=1S/C22H31N3O/c1-18-17-22(23-25(18)21-5-3-2-4-6-21)20-8-13-24(14-9-20)12-7-19-10-15-26-16-11-19/h2-6,17,19-20H,7-16H2,1H3. The minimum atomic E-state index is 0.609. The van der Waals surface area contributed by atoms with Gasteiger partial charge in [-0.05, 0) is 82.8 Å². The predicted octanol–water partition coefficient (Wildman–Crippen LogP) is 4.18. The molecule has 4 nitrogen and oxygen atoms in total. The lowest BCUT2D eigenvalue weighted by Crippen LogP contribution is -2.35. The molecule has 0 atom stereocenters. The maximum atomic E-state index is 5.48. The first kappa shape index (κ1) is 17.7. The molecule has 1 aromatic carbocycles. The summed E-state index contributed by atoms with van der Waals surface area (Å²) in [4.78, 5) is 2.66. The van der Waals surface area contributed by atoms with Crippen LogP contribution in [0.1, 0.15) is 49.4 Å². The summed E-state index contributed by atoms with van der Waals surface area (Å²) in [6.07, 6.45) is 6.33. The van der Waals surface area contributed by atoms with E-state index in [2.05, 4.69) is 52.9 Å². The zero-order valence-corrected chi connectivity index (χ0v) is 15.9. The van der Waals surface area contributed by atoms with Crippen molar-refractivity contribution in [3.8, 4) is 5.69 Å². The normalized spacial score (nSPS) is 20.5. The van der Waals surface area contributed by atoms with Crippen molar-refractivity contribution in [1.82, 2.24) is 14.7 Å². The number of hydrogen-bond donors (Lipinski definition) is 0. The van der Waals surface area contributed by atoms with Gasteiger partial charge in [-0.25, -0.2) is 4.68 Å². The Kier molecular flexibility index (Phi) is 5.71. The minimum absolute atomic E-state index is 0.609. The first-order chi connectivity index (χ1) is 12.8. The number of aryl methyl sites for hydroxylation is 1. The molecule has 0 saturated carbocycles. The maximum Gasteiger partial charge on any atom is 0.0663 e. The summed E-state index contributed by atoms with van der Waals surface area (Å²) in [5.74, 6) is 1.49. The lowest BCUT2D eigenvalue weighted by molar-refractivity contribution is 0.0588. The highest BCUT2D eigenvalue weighted by Gasteiger charge is 2.24. The summed E-state index contributed by atoms with van der Waals surface area (Å²) in [5.41, 5.74) is 3.66. The van der Waals surface area contributed by atoms with E-state index in [-0.39, 0.29) is 0 Å². The van der Waals surface area contributed by atoms with Gasteiger partial charge >= 0.3 is 0 Å². The molecular formula is C22H31N3O. The van der Waals surface area contributed by atoms with Gasteiger partial charge in [0, 0.05) is 24.8 Å².